The summed E-state index contributed by atoms with van der Waals surface area (Å²) < 4.78 is 5.82. The highest BCUT2D eigenvalue weighted by Gasteiger charge is 2.26. The fraction of sp³-hybridized carbons (Fsp3) is 0.625. The summed E-state index contributed by atoms with van der Waals surface area (Å²) in [6.07, 6.45) is 2.50. The SMILES string of the molecule is CC(C)C(C)(O)COc1ccc(Cl)cc1CNC1CC1. The Bertz CT molecular complexity index is 456. The van der Waals surface area contributed by atoms with Gasteiger partial charge in [-0.15, -0.1) is 0 Å². The van der Waals surface area contributed by atoms with Gasteiger partial charge in [0.15, 0.2) is 0 Å². The van der Waals surface area contributed by atoms with Crippen molar-refractivity contribution in [2.75, 3.05) is 6.61 Å². The number of rotatable bonds is 7. The normalized spacial score (nSPS) is 18.1. The zero-order valence-electron chi connectivity index (χ0n) is 12.4. The van der Waals surface area contributed by atoms with Crippen LogP contribution in [0.5, 0.6) is 5.75 Å². The summed E-state index contributed by atoms with van der Waals surface area (Å²) in [5.41, 5.74) is 0.213. The predicted octanol–water partition coefficient (Wildman–Crippen LogP) is 3.38. The van der Waals surface area contributed by atoms with Crippen molar-refractivity contribution >= 4 is 11.6 Å². The molecule has 0 saturated heterocycles. The summed E-state index contributed by atoms with van der Waals surface area (Å²) in [6.45, 7) is 6.81. The van der Waals surface area contributed by atoms with Crippen molar-refractivity contribution in [2.24, 2.45) is 5.92 Å². The Morgan fingerprint density at radius 1 is 1.45 bits per heavy atom. The van der Waals surface area contributed by atoms with Crippen LogP contribution in [0.25, 0.3) is 0 Å². The van der Waals surface area contributed by atoms with E-state index in [1.54, 1.807) is 6.92 Å². The Labute approximate surface area is 126 Å². The number of hydrogen-bond acceptors (Lipinski definition) is 3. The van der Waals surface area contributed by atoms with Crippen LogP contribution in [0.2, 0.25) is 5.02 Å². The van der Waals surface area contributed by atoms with Gasteiger partial charge in [-0.2, -0.15) is 0 Å². The molecule has 3 nitrogen and oxygen atoms in total. The first-order chi connectivity index (χ1) is 9.38. The molecule has 0 heterocycles. The maximum absolute atomic E-state index is 10.3. The molecule has 0 bridgehead atoms. The monoisotopic (exact) mass is 297 g/mol. The van der Waals surface area contributed by atoms with Crippen LogP contribution in [0.3, 0.4) is 0 Å². The largest absolute Gasteiger partial charge is 0.490 e. The third-order valence-corrected chi connectivity index (χ3v) is 4.18. The second-order valence-corrected chi connectivity index (χ2v) is 6.64. The third-order valence-electron chi connectivity index (χ3n) is 3.94. The van der Waals surface area contributed by atoms with E-state index in [2.05, 4.69) is 5.32 Å². The van der Waals surface area contributed by atoms with Crippen molar-refractivity contribution in [1.82, 2.24) is 5.32 Å². The highest BCUT2D eigenvalue weighted by molar-refractivity contribution is 6.30. The van der Waals surface area contributed by atoms with Crippen LogP contribution < -0.4 is 10.1 Å². The maximum atomic E-state index is 10.3. The molecule has 1 unspecified atom stereocenters. The highest BCUT2D eigenvalue weighted by atomic mass is 35.5. The number of nitrogens with one attached hydrogen (secondary N) is 1. The number of benzene rings is 1. The minimum Gasteiger partial charge on any atom is -0.490 e. The zero-order valence-corrected chi connectivity index (χ0v) is 13.2. The summed E-state index contributed by atoms with van der Waals surface area (Å²) in [5, 5.41) is 14.4. The average Bonchev–Trinajstić information content (AvgIpc) is 3.19. The molecule has 0 amide bonds. The second kappa shape index (κ2) is 6.33. The molecule has 1 saturated carbocycles. The molecule has 1 aliphatic rings. The van der Waals surface area contributed by atoms with E-state index in [1.807, 2.05) is 32.0 Å². The number of aliphatic hydroxyl groups is 1. The molecule has 0 spiro atoms. The summed E-state index contributed by atoms with van der Waals surface area (Å²) >= 11 is 6.06. The number of hydrogen-bond donors (Lipinski definition) is 2. The van der Waals surface area contributed by atoms with Crippen LogP contribution in [0.4, 0.5) is 0 Å². The molecular weight excluding hydrogens is 274 g/mol. The van der Waals surface area contributed by atoms with E-state index in [0.717, 1.165) is 17.9 Å². The lowest BCUT2D eigenvalue weighted by molar-refractivity contribution is -0.0268. The van der Waals surface area contributed by atoms with Crippen molar-refractivity contribution < 1.29 is 9.84 Å². The summed E-state index contributed by atoms with van der Waals surface area (Å²) in [6, 6.07) is 6.27. The molecule has 20 heavy (non-hydrogen) atoms. The van der Waals surface area contributed by atoms with Gasteiger partial charge in [0, 0.05) is 23.2 Å². The van der Waals surface area contributed by atoms with E-state index in [0.29, 0.717) is 11.1 Å². The van der Waals surface area contributed by atoms with E-state index in [1.165, 1.54) is 12.8 Å². The maximum Gasteiger partial charge on any atom is 0.124 e. The van der Waals surface area contributed by atoms with Gasteiger partial charge in [-0.1, -0.05) is 25.4 Å². The molecule has 1 fully saturated rings. The zero-order chi connectivity index (χ0) is 14.8. The molecule has 2 N–H and O–H groups in total. The second-order valence-electron chi connectivity index (χ2n) is 6.21. The number of ether oxygens (including phenoxy) is 1. The van der Waals surface area contributed by atoms with Crippen LogP contribution >= 0.6 is 11.6 Å². The Balaban J connectivity index is 2.01. The van der Waals surface area contributed by atoms with Crippen molar-refractivity contribution in [3.05, 3.63) is 28.8 Å². The smallest absolute Gasteiger partial charge is 0.124 e. The van der Waals surface area contributed by atoms with Crippen LogP contribution in [0.1, 0.15) is 39.2 Å². The van der Waals surface area contributed by atoms with Crippen molar-refractivity contribution in [3.63, 3.8) is 0 Å². The third kappa shape index (κ3) is 4.37. The Morgan fingerprint density at radius 3 is 2.75 bits per heavy atom. The van der Waals surface area contributed by atoms with Gasteiger partial charge in [-0.05, 0) is 43.9 Å². The highest BCUT2D eigenvalue weighted by Crippen LogP contribution is 2.27. The molecule has 1 aromatic rings. The van der Waals surface area contributed by atoms with Gasteiger partial charge < -0.3 is 15.2 Å². The van der Waals surface area contributed by atoms with Crippen molar-refractivity contribution in [2.45, 2.75) is 51.8 Å². The fourth-order valence-corrected chi connectivity index (χ4v) is 1.95. The molecule has 0 aliphatic heterocycles. The van der Waals surface area contributed by atoms with E-state index < -0.39 is 5.60 Å². The Kier molecular flexibility index (Phi) is 4.95. The first-order valence-corrected chi connectivity index (χ1v) is 7.63. The van der Waals surface area contributed by atoms with Gasteiger partial charge in [0.2, 0.25) is 0 Å². The molecule has 0 radical (unpaired) electrons. The van der Waals surface area contributed by atoms with Gasteiger partial charge in [0.1, 0.15) is 12.4 Å². The van der Waals surface area contributed by atoms with Crippen molar-refractivity contribution in [1.29, 1.82) is 0 Å². The van der Waals surface area contributed by atoms with Crippen LogP contribution in [0, 0.1) is 5.92 Å². The Hall–Kier alpha value is -0.770. The lowest BCUT2D eigenvalue weighted by Crippen LogP contribution is -2.38. The van der Waals surface area contributed by atoms with Crippen molar-refractivity contribution in [3.8, 4) is 5.75 Å². The standard InChI is InChI=1S/C16H24ClNO2/c1-11(2)16(3,19)10-20-15-7-4-13(17)8-12(15)9-18-14-5-6-14/h4,7-8,11,14,18-19H,5-6,9-10H2,1-3H3. The molecule has 1 aromatic carbocycles. The molecule has 112 valence electrons. The first kappa shape index (κ1) is 15.6. The average molecular weight is 298 g/mol. The molecule has 1 aliphatic carbocycles. The van der Waals surface area contributed by atoms with E-state index >= 15 is 0 Å². The van der Waals surface area contributed by atoms with Crippen LogP contribution in [-0.2, 0) is 6.54 Å². The summed E-state index contributed by atoms with van der Waals surface area (Å²) in [7, 11) is 0. The minimum absolute atomic E-state index is 0.142. The molecule has 0 aromatic heterocycles. The number of halogens is 1. The van der Waals surface area contributed by atoms with E-state index in [4.69, 9.17) is 16.3 Å². The summed E-state index contributed by atoms with van der Waals surface area (Å²) in [5.74, 6) is 0.936. The predicted molar refractivity (Wildman–Crippen MR) is 82.3 cm³/mol. The minimum atomic E-state index is -0.833. The lowest BCUT2D eigenvalue weighted by Gasteiger charge is -2.28. The molecule has 1 atom stereocenters. The van der Waals surface area contributed by atoms with Crippen LogP contribution in [-0.4, -0.2) is 23.4 Å². The lowest BCUT2D eigenvalue weighted by atomic mass is 9.94. The fourth-order valence-electron chi connectivity index (χ4n) is 1.76. The molecule has 2 rings (SSSR count). The van der Waals surface area contributed by atoms with Gasteiger partial charge in [0.05, 0.1) is 5.60 Å². The van der Waals surface area contributed by atoms with Gasteiger partial charge in [0.25, 0.3) is 0 Å². The first-order valence-electron chi connectivity index (χ1n) is 7.25. The van der Waals surface area contributed by atoms with Gasteiger partial charge in [-0.25, -0.2) is 0 Å². The summed E-state index contributed by atoms with van der Waals surface area (Å²) in [4.78, 5) is 0. The topological polar surface area (TPSA) is 41.5 Å². The van der Waals surface area contributed by atoms with Crippen LogP contribution in [0.15, 0.2) is 18.2 Å². The molecule has 4 heteroatoms. The van der Waals surface area contributed by atoms with Gasteiger partial charge >= 0.3 is 0 Å². The molecular formula is C16H24ClNO2. The van der Waals surface area contributed by atoms with E-state index in [9.17, 15) is 5.11 Å². The quantitative estimate of drug-likeness (QED) is 0.811. The van der Waals surface area contributed by atoms with E-state index in [-0.39, 0.29) is 12.5 Å². The Morgan fingerprint density at radius 2 is 2.15 bits per heavy atom. The van der Waals surface area contributed by atoms with Gasteiger partial charge in [-0.3, -0.25) is 0 Å².